The number of para-hydroxylation sites is 1. The Morgan fingerprint density at radius 2 is 1.96 bits per heavy atom. The number of hydrogen-bond acceptors (Lipinski definition) is 4. The second kappa shape index (κ2) is 6.82. The molecule has 5 heteroatoms. The van der Waals surface area contributed by atoms with Gasteiger partial charge in [0.15, 0.2) is 0 Å². The molecular formula is C23H23N3O2. The minimum Gasteiger partial charge on any atom is -0.496 e. The Labute approximate surface area is 164 Å². The number of carbonyl (C=O) groups excluding carboxylic acids is 1. The van der Waals surface area contributed by atoms with Crippen LogP contribution in [0.25, 0.3) is 10.9 Å². The van der Waals surface area contributed by atoms with Gasteiger partial charge in [-0.2, -0.15) is 0 Å². The maximum atomic E-state index is 12.8. The Morgan fingerprint density at radius 1 is 1.11 bits per heavy atom. The topological polar surface area (TPSA) is 63.2 Å². The average Bonchev–Trinajstić information content (AvgIpc) is 3.45. The number of amides is 1. The second-order valence-corrected chi connectivity index (χ2v) is 7.58. The maximum absolute atomic E-state index is 12.8. The summed E-state index contributed by atoms with van der Waals surface area (Å²) in [6.45, 7) is 0. The van der Waals surface area contributed by atoms with Crippen LogP contribution in [-0.4, -0.2) is 24.0 Å². The third kappa shape index (κ3) is 3.07. The van der Waals surface area contributed by atoms with Gasteiger partial charge in [-0.25, -0.2) is 4.98 Å². The molecule has 2 aliphatic rings. The van der Waals surface area contributed by atoms with Gasteiger partial charge in [0.25, 0.3) is 5.91 Å². The van der Waals surface area contributed by atoms with E-state index in [1.54, 1.807) is 7.11 Å². The number of fused-ring (bicyclic) bond motifs is 2. The summed E-state index contributed by atoms with van der Waals surface area (Å²) < 4.78 is 5.51. The maximum Gasteiger partial charge on any atom is 0.252 e. The number of rotatable bonds is 5. The summed E-state index contributed by atoms with van der Waals surface area (Å²) in [7, 11) is 1.71. The molecule has 1 saturated carbocycles. The van der Waals surface area contributed by atoms with E-state index in [0.717, 1.165) is 48.2 Å². The SMILES string of the molecule is COc1cccc2c1CCC2Nc1cc(C(=O)NC2CC2)c2ccccc2n1. The van der Waals surface area contributed by atoms with Crippen molar-refractivity contribution in [2.45, 2.75) is 37.8 Å². The first-order valence-corrected chi connectivity index (χ1v) is 9.86. The van der Waals surface area contributed by atoms with Crippen LogP contribution >= 0.6 is 0 Å². The standard InChI is InChI=1S/C23H23N3O2/c1-28-21-8-4-6-15-17(21)11-12-20(15)26-22-13-18(23(27)24-14-9-10-14)16-5-2-3-7-19(16)25-22/h2-8,13-14,20H,9-12H2,1H3,(H,24,27)(H,25,26). The van der Waals surface area contributed by atoms with Gasteiger partial charge in [-0.05, 0) is 55.0 Å². The molecule has 1 heterocycles. The van der Waals surface area contributed by atoms with Gasteiger partial charge in [0, 0.05) is 11.4 Å². The van der Waals surface area contributed by atoms with E-state index in [0.29, 0.717) is 11.6 Å². The number of pyridine rings is 1. The molecule has 2 N–H and O–H groups in total. The first-order chi connectivity index (χ1) is 13.7. The minimum atomic E-state index is -0.0161. The van der Waals surface area contributed by atoms with Gasteiger partial charge in [-0.3, -0.25) is 4.79 Å². The summed E-state index contributed by atoms with van der Waals surface area (Å²) in [5.74, 6) is 1.66. The molecule has 1 fully saturated rings. The van der Waals surface area contributed by atoms with Crippen molar-refractivity contribution in [1.82, 2.24) is 10.3 Å². The minimum absolute atomic E-state index is 0.0161. The van der Waals surface area contributed by atoms with Gasteiger partial charge < -0.3 is 15.4 Å². The van der Waals surface area contributed by atoms with Crippen LogP contribution in [0.2, 0.25) is 0 Å². The van der Waals surface area contributed by atoms with Crippen LogP contribution < -0.4 is 15.4 Å². The predicted octanol–water partition coefficient (Wildman–Crippen LogP) is 4.24. The van der Waals surface area contributed by atoms with Crippen LogP contribution in [0.4, 0.5) is 5.82 Å². The molecule has 5 nitrogen and oxygen atoms in total. The molecule has 142 valence electrons. The highest BCUT2D eigenvalue weighted by Gasteiger charge is 2.27. The smallest absolute Gasteiger partial charge is 0.252 e. The molecular weight excluding hydrogens is 350 g/mol. The number of anilines is 1. The molecule has 2 aromatic carbocycles. The fourth-order valence-electron chi connectivity index (χ4n) is 4.07. The number of benzene rings is 2. The average molecular weight is 373 g/mol. The molecule has 0 saturated heterocycles. The quantitative estimate of drug-likeness (QED) is 0.702. The fraction of sp³-hybridized carbons (Fsp3) is 0.304. The fourth-order valence-corrected chi connectivity index (χ4v) is 4.07. The first kappa shape index (κ1) is 17.0. The summed E-state index contributed by atoms with van der Waals surface area (Å²) >= 11 is 0. The lowest BCUT2D eigenvalue weighted by molar-refractivity contribution is 0.0952. The van der Waals surface area contributed by atoms with Crippen molar-refractivity contribution in [3.8, 4) is 5.75 Å². The number of aromatic nitrogens is 1. The third-order valence-corrected chi connectivity index (χ3v) is 5.64. The zero-order valence-corrected chi connectivity index (χ0v) is 15.9. The molecule has 0 radical (unpaired) electrons. The highest BCUT2D eigenvalue weighted by Crippen LogP contribution is 2.38. The van der Waals surface area contributed by atoms with Crippen LogP contribution in [-0.2, 0) is 6.42 Å². The van der Waals surface area contributed by atoms with Crippen LogP contribution in [0.1, 0.15) is 46.8 Å². The molecule has 1 aromatic heterocycles. The van der Waals surface area contributed by atoms with Crippen LogP contribution in [0.5, 0.6) is 5.75 Å². The molecule has 3 aromatic rings. The molecule has 0 spiro atoms. The molecule has 0 bridgehead atoms. The molecule has 28 heavy (non-hydrogen) atoms. The van der Waals surface area contributed by atoms with Gasteiger partial charge in [-0.15, -0.1) is 0 Å². The van der Waals surface area contributed by atoms with Crippen molar-refractivity contribution in [3.05, 3.63) is 65.2 Å². The number of nitrogens with one attached hydrogen (secondary N) is 2. The van der Waals surface area contributed by atoms with E-state index in [1.807, 2.05) is 42.5 Å². The Morgan fingerprint density at radius 3 is 2.79 bits per heavy atom. The van der Waals surface area contributed by atoms with Gasteiger partial charge in [-0.1, -0.05) is 30.3 Å². The van der Waals surface area contributed by atoms with Crippen molar-refractivity contribution in [2.24, 2.45) is 0 Å². The predicted molar refractivity (Wildman–Crippen MR) is 110 cm³/mol. The summed E-state index contributed by atoms with van der Waals surface area (Å²) in [6, 6.07) is 16.4. The number of hydrogen-bond donors (Lipinski definition) is 2. The van der Waals surface area contributed by atoms with Crippen LogP contribution in [0, 0.1) is 0 Å². The van der Waals surface area contributed by atoms with Gasteiger partial charge >= 0.3 is 0 Å². The Hall–Kier alpha value is -3.08. The number of carbonyl (C=O) groups is 1. The van der Waals surface area contributed by atoms with E-state index >= 15 is 0 Å². The summed E-state index contributed by atoms with van der Waals surface area (Å²) in [5.41, 5.74) is 4.02. The van der Waals surface area contributed by atoms with Gasteiger partial charge in [0.1, 0.15) is 11.6 Å². The zero-order chi connectivity index (χ0) is 19.1. The van der Waals surface area contributed by atoms with Crippen molar-refractivity contribution < 1.29 is 9.53 Å². The third-order valence-electron chi connectivity index (χ3n) is 5.64. The van der Waals surface area contributed by atoms with Crippen LogP contribution in [0.15, 0.2) is 48.5 Å². The van der Waals surface area contributed by atoms with Crippen molar-refractivity contribution in [1.29, 1.82) is 0 Å². The number of nitrogens with zero attached hydrogens (tertiary/aromatic N) is 1. The first-order valence-electron chi connectivity index (χ1n) is 9.86. The summed E-state index contributed by atoms with van der Waals surface area (Å²) in [6.07, 6.45) is 4.09. The highest BCUT2D eigenvalue weighted by molar-refractivity contribution is 6.07. The summed E-state index contributed by atoms with van der Waals surface area (Å²) in [4.78, 5) is 17.6. The lowest BCUT2D eigenvalue weighted by Gasteiger charge is -2.17. The van der Waals surface area contributed by atoms with E-state index < -0.39 is 0 Å². The van der Waals surface area contributed by atoms with E-state index in [4.69, 9.17) is 9.72 Å². The number of ether oxygens (including phenoxy) is 1. The van der Waals surface area contributed by atoms with E-state index in [-0.39, 0.29) is 11.9 Å². The van der Waals surface area contributed by atoms with Gasteiger partial charge in [0.2, 0.25) is 0 Å². The zero-order valence-electron chi connectivity index (χ0n) is 15.9. The van der Waals surface area contributed by atoms with Crippen molar-refractivity contribution in [3.63, 3.8) is 0 Å². The Kier molecular flexibility index (Phi) is 4.15. The number of methoxy groups -OCH3 is 1. The molecule has 5 rings (SSSR count). The molecule has 1 amide bonds. The van der Waals surface area contributed by atoms with E-state index in [2.05, 4.69) is 16.7 Å². The largest absolute Gasteiger partial charge is 0.496 e. The van der Waals surface area contributed by atoms with E-state index in [9.17, 15) is 4.79 Å². The Balaban J connectivity index is 1.50. The monoisotopic (exact) mass is 373 g/mol. The lowest BCUT2D eigenvalue weighted by atomic mass is 10.1. The molecule has 1 atom stereocenters. The molecule has 1 unspecified atom stereocenters. The van der Waals surface area contributed by atoms with Crippen LogP contribution in [0.3, 0.4) is 0 Å². The Bertz CT molecular complexity index is 1060. The lowest BCUT2D eigenvalue weighted by Crippen LogP contribution is -2.26. The second-order valence-electron chi connectivity index (χ2n) is 7.58. The molecule has 2 aliphatic carbocycles. The van der Waals surface area contributed by atoms with Crippen molar-refractivity contribution in [2.75, 3.05) is 12.4 Å². The van der Waals surface area contributed by atoms with Gasteiger partial charge in [0.05, 0.1) is 24.2 Å². The normalized spacial score (nSPS) is 18.0. The van der Waals surface area contributed by atoms with E-state index in [1.165, 1.54) is 11.1 Å². The summed E-state index contributed by atoms with van der Waals surface area (Å²) in [5, 5.41) is 7.55. The van der Waals surface area contributed by atoms with Crippen molar-refractivity contribution >= 4 is 22.6 Å². The highest BCUT2D eigenvalue weighted by atomic mass is 16.5. The molecule has 0 aliphatic heterocycles.